The zero-order chi connectivity index (χ0) is 68.4. The summed E-state index contributed by atoms with van der Waals surface area (Å²) in [6, 6.07) is 135. The fourth-order valence-electron chi connectivity index (χ4n) is 17.3. The molecule has 0 bridgehead atoms. The van der Waals surface area contributed by atoms with Crippen molar-refractivity contribution in [2.24, 2.45) is 0 Å². The van der Waals surface area contributed by atoms with Crippen LogP contribution in [0.15, 0.2) is 379 Å². The number of para-hydroxylation sites is 5. The van der Waals surface area contributed by atoms with Gasteiger partial charge in [-0.2, -0.15) is 0 Å². The van der Waals surface area contributed by atoms with Crippen LogP contribution in [0.1, 0.15) is 44.9 Å². The number of benzene rings is 16. The molecule has 488 valence electrons. The predicted octanol–water partition coefficient (Wildman–Crippen LogP) is 27.4. The zero-order valence-electron chi connectivity index (χ0n) is 56.3. The Morgan fingerprint density at radius 2 is 0.875 bits per heavy atom. The molecule has 4 heterocycles. The molecule has 0 amide bonds. The normalized spacial score (nSPS) is 13.8. The van der Waals surface area contributed by atoms with Gasteiger partial charge in [-0.05, 0) is 153 Å². The van der Waals surface area contributed by atoms with Gasteiger partial charge in [-0.25, -0.2) is 0 Å². The Kier molecular flexibility index (Phi) is 13.7. The first-order chi connectivity index (χ1) is 51.6. The van der Waals surface area contributed by atoms with Crippen molar-refractivity contribution < 1.29 is 13.6 Å². The van der Waals surface area contributed by atoms with E-state index in [1.54, 1.807) is 0 Å². The number of rotatable bonds is 12. The lowest BCUT2D eigenvalue weighted by molar-refractivity contribution is 0.430. The molecule has 5 nitrogen and oxygen atoms in total. The van der Waals surface area contributed by atoms with Crippen LogP contribution in [-0.2, 0) is 5.41 Å². The molecule has 21 rings (SSSR count). The molecule has 0 saturated heterocycles. The van der Waals surface area contributed by atoms with Crippen LogP contribution in [0.25, 0.3) is 109 Å². The standard InChI is InChI=1S/C98H62N2O3S/c1-7-28-62(29-8-1)66-56-80(94-74-42-21-25-48-87(74)101-89(94)57-66)92(64-32-11-3-12-33-64)76-44-27-46-84-97(76)103-88-61-70(99(67-36-15-5-16-37-67)71-59-77(63-30-9-2-10-31-63)96-79(60-71)73-41-20-24-47-86(73)102-96)51-53-83(88)98(84)81-45-23-19-40-72(81)78-58-69(50-52-82(78)98)100(68-38-17-6-18-39-68)85-54-55-91-95(75-43-22-26-49-90(75)104-91)93(85)65-34-13-4-14-35-65/h1-61,92H. The van der Waals surface area contributed by atoms with E-state index in [1.807, 2.05) is 17.4 Å². The lowest BCUT2D eigenvalue weighted by atomic mass is 9.65. The molecule has 3 aromatic heterocycles. The summed E-state index contributed by atoms with van der Waals surface area (Å²) in [5, 5.41) is 6.74. The molecular formula is C98H62N2O3S. The molecule has 6 heteroatoms. The Hall–Kier alpha value is -13.3. The van der Waals surface area contributed by atoms with Crippen molar-refractivity contribution in [3.8, 4) is 56.0 Å². The van der Waals surface area contributed by atoms with Gasteiger partial charge in [-0.3, -0.25) is 0 Å². The second-order valence-electron chi connectivity index (χ2n) is 27.3. The maximum atomic E-state index is 8.14. The lowest BCUT2D eigenvalue weighted by Gasteiger charge is -2.41. The molecule has 19 aromatic rings. The number of anilines is 6. The molecule has 0 fully saturated rings. The lowest BCUT2D eigenvalue weighted by Crippen LogP contribution is -2.33. The Bertz CT molecular complexity index is 6590. The summed E-state index contributed by atoms with van der Waals surface area (Å²) in [6.07, 6.45) is 0. The highest BCUT2D eigenvalue weighted by Crippen LogP contribution is 2.65. The van der Waals surface area contributed by atoms with Gasteiger partial charge < -0.3 is 23.4 Å². The van der Waals surface area contributed by atoms with Crippen LogP contribution < -0.4 is 14.5 Å². The highest BCUT2D eigenvalue weighted by atomic mass is 32.1. The Labute approximate surface area is 605 Å². The number of fused-ring (bicyclic) bond motifs is 18. The third-order valence-electron chi connectivity index (χ3n) is 21.6. The molecule has 1 aliphatic carbocycles. The average Bonchev–Trinajstić information content (AvgIpc) is 1.47. The molecule has 1 aliphatic heterocycles. The van der Waals surface area contributed by atoms with Crippen LogP contribution >= 0.6 is 11.3 Å². The summed E-state index contributed by atoms with van der Waals surface area (Å²) in [5.74, 6) is 1.21. The van der Waals surface area contributed by atoms with Gasteiger partial charge in [-0.1, -0.05) is 267 Å². The molecule has 104 heavy (non-hydrogen) atoms. The molecule has 2 atom stereocenters. The maximum Gasteiger partial charge on any atom is 0.143 e. The van der Waals surface area contributed by atoms with E-state index in [-0.39, 0.29) is 5.92 Å². The first kappa shape index (κ1) is 59.6. The van der Waals surface area contributed by atoms with Crippen molar-refractivity contribution in [2.45, 2.75) is 11.3 Å². The van der Waals surface area contributed by atoms with Crippen LogP contribution in [0.4, 0.5) is 34.1 Å². The Morgan fingerprint density at radius 1 is 0.298 bits per heavy atom. The third-order valence-corrected chi connectivity index (χ3v) is 22.7. The third kappa shape index (κ3) is 9.25. The SMILES string of the molecule is c1ccc(-c2cc(C(c3ccccc3)c3cccc4c3Oc3cc(N(c5ccccc5)c5cc(-c6ccccc6)c6oc7ccccc7c6c5)ccc3C43c4ccccc4-c4cc(N(c5ccccc5)c5ccc6sc7ccccc7c6c5-c5ccccc5)ccc43)c3c(c2)oc2ccccc23)cc1. The summed E-state index contributed by atoms with van der Waals surface area (Å²) in [7, 11) is 0. The zero-order valence-corrected chi connectivity index (χ0v) is 57.1. The number of nitrogens with zero attached hydrogens (tertiary/aromatic N) is 2. The molecular weight excluding hydrogens is 1290 g/mol. The van der Waals surface area contributed by atoms with Crippen LogP contribution in [-0.4, -0.2) is 0 Å². The summed E-state index contributed by atoms with van der Waals surface area (Å²) in [6.45, 7) is 0. The van der Waals surface area contributed by atoms with Gasteiger partial charge in [0.25, 0.3) is 0 Å². The van der Waals surface area contributed by atoms with Gasteiger partial charge in [0.05, 0.1) is 11.1 Å². The molecule has 0 saturated carbocycles. The topological polar surface area (TPSA) is 42.0 Å². The van der Waals surface area contributed by atoms with E-state index in [0.29, 0.717) is 0 Å². The molecule has 2 aliphatic rings. The molecule has 16 aromatic carbocycles. The van der Waals surface area contributed by atoms with Crippen molar-refractivity contribution in [3.05, 3.63) is 409 Å². The van der Waals surface area contributed by atoms with E-state index in [0.717, 1.165) is 156 Å². The van der Waals surface area contributed by atoms with Crippen molar-refractivity contribution in [1.29, 1.82) is 0 Å². The van der Waals surface area contributed by atoms with Crippen molar-refractivity contribution in [1.82, 2.24) is 0 Å². The maximum absolute atomic E-state index is 8.14. The van der Waals surface area contributed by atoms with Crippen LogP contribution in [0, 0.1) is 0 Å². The predicted molar refractivity (Wildman–Crippen MR) is 431 cm³/mol. The monoisotopic (exact) mass is 1350 g/mol. The largest absolute Gasteiger partial charge is 0.456 e. The number of hydrogen-bond donors (Lipinski definition) is 0. The number of hydrogen-bond acceptors (Lipinski definition) is 6. The van der Waals surface area contributed by atoms with Crippen molar-refractivity contribution in [3.63, 3.8) is 0 Å². The minimum Gasteiger partial charge on any atom is -0.456 e. The van der Waals surface area contributed by atoms with E-state index in [9.17, 15) is 0 Å². The summed E-state index contributed by atoms with van der Waals surface area (Å²) in [4.78, 5) is 4.87. The quantitative estimate of drug-likeness (QED) is 0.114. The van der Waals surface area contributed by atoms with Crippen LogP contribution in [0.2, 0.25) is 0 Å². The minimum absolute atomic E-state index is 0.358. The van der Waals surface area contributed by atoms with Gasteiger partial charge in [0.1, 0.15) is 33.8 Å². The number of furan rings is 2. The average molecular weight is 1350 g/mol. The van der Waals surface area contributed by atoms with Crippen molar-refractivity contribution >= 4 is 110 Å². The first-order valence-electron chi connectivity index (χ1n) is 35.6. The summed E-state index contributed by atoms with van der Waals surface area (Å²) < 4.78 is 24.5. The van der Waals surface area contributed by atoms with E-state index < -0.39 is 5.41 Å². The summed E-state index contributed by atoms with van der Waals surface area (Å²) in [5.41, 5.74) is 25.2. The van der Waals surface area contributed by atoms with E-state index in [2.05, 4.69) is 374 Å². The number of thiophene rings is 1. The molecule has 2 unspecified atom stereocenters. The Morgan fingerprint density at radius 3 is 1.62 bits per heavy atom. The summed E-state index contributed by atoms with van der Waals surface area (Å²) >= 11 is 1.85. The molecule has 0 radical (unpaired) electrons. The van der Waals surface area contributed by atoms with Crippen molar-refractivity contribution in [2.75, 3.05) is 9.80 Å². The fraction of sp³-hybridized carbons (Fsp3) is 0.0204. The number of ether oxygens (including phenoxy) is 1. The van der Waals surface area contributed by atoms with Gasteiger partial charge in [-0.15, -0.1) is 11.3 Å². The second kappa shape index (κ2) is 24.0. The first-order valence-corrected chi connectivity index (χ1v) is 36.4. The smallest absolute Gasteiger partial charge is 0.143 e. The van der Waals surface area contributed by atoms with Gasteiger partial charge in [0.2, 0.25) is 0 Å². The second-order valence-corrected chi connectivity index (χ2v) is 28.3. The Balaban J connectivity index is 0.841. The van der Waals surface area contributed by atoms with Gasteiger partial charge >= 0.3 is 0 Å². The van der Waals surface area contributed by atoms with E-state index in [4.69, 9.17) is 13.6 Å². The van der Waals surface area contributed by atoms with E-state index in [1.165, 1.54) is 36.9 Å². The van der Waals surface area contributed by atoms with Crippen LogP contribution in [0.3, 0.4) is 0 Å². The van der Waals surface area contributed by atoms with Crippen LogP contribution in [0.5, 0.6) is 11.5 Å². The highest BCUT2D eigenvalue weighted by molar-refractivity contribution is 7.26. The fourth-order valence-corrected chi connectivity index (χ4v) is 18.4. The highest BCUT2D eigenvalue weighted by Gasteiger charge is 2.52. The molecule has 0 N–H and O–H groups in total. The minimum atomic E-state index is -0.916. The van der Waals surface area contributed by atoms with E-state index >= 15 is 0 Å². The van der Waals surface area contributed by atoms with Gasteiger partial charge in [0.15, 0.2) is 0 Å². The molecule has 1 spiro atoms. The van der Waals surface area contributed by atoms with Gasteiger partial charge in [0, 0.05) is 110 Å².